The highest BCUT2D eigenvalue weighted by Crippen LogP contribution is 2.27. The number of benzene rings is 1. The van der Waals surface area contributed by atoms with Crippen molar-refractivity contribution in [2.24, 2.45) is 11.1 Å². The largest absolute Gasteiger partial charge is 0.349 e. The van der Waals surface area contributed by atoms with E-state index in [4.69, 9.17) is 5.73 Å². The first-order chi connectivity index (χ1) is 11.1. The summed E-state index contributed by atoms with van der Waals surface area (Å²) in [6.07, 6.45) is 1.36. The standard InChI is InChI=1S/C17H29N3O3S/c1-6-17(7-2,12-18)16(21)19-13(3)14-8-10-15(11-9-14)24(22,23)20(4)5/h8-11,13H,6-7,12,18H2,1-5H3,(H,19,21). The molecular formula is C17H29N3O3S. The third kappa shape index (κ3) is 4.15. The summed E-state index contributed by atoms with van der Waals surface area (Å²) in [5, 5.41) is 2.99. The number of rotatable bonds is 8. The highest BCUT2D eigenvalue weighted by Gasteiger charge is 2.34. The zero-order valence-electron chi connectivity index (χ0n) is 15.2. The Hall–Kier alpha value is -1.44. The Morgan fingerprint density at radius 1 is 1.21 bits per heavy atom. The van der Waals surface area contributed by atoms with Gasteiger partial charge >= 0.3 is 0 Å². The predicted octanol–water partition coefficient (Wildman–Crippen LogP) is 1.88. The zero-order valence-corrected chi connectivity index (χ0v) is 16.0. The van der Waals surface area contributed by atoms with Gasteiger partial charge in [-0.25, -0.2) is 12.7 Å². The fourth-order valence-corrected chi connectivity index (χ4v) is 3.43. The van der Waals surface area contributed by atoms with Crippen LogP contribution in [0.25, 0.3) is 0 Å². The summed E-state index contributed by atoms with van der Waals surface area (Å²) < 4.78 is 25.3. The van der Waals surface area contributed by atoms with Crippen molar-refractivity contribution in [2.75, 3.05) is 20.6 Å². The number of nitrogens with one attached hydrogen (secondary N) is 1. The normalized spacial score (nSPS) is 13.8. The average Bonchev–Trinajstić information content (AvgIpc) is 2.57. The Morgan fingerprint density at radius 2 is 1.71 bits per heavy atom. The molecule has 0 saturated heterocycles. The first-order valence-corrected chi connectivity index (χ1v) is 9.62. The van der Waals surface area contributed by atoms with Crippen molar-refractivity contribution in [1.82, 2.24) is 9.62 Å². The van der Waals surface area contributed by atoms with E-state index in [9.17, 15) is 13.2 Å². The quantitative estimate of drug-likeness (QED) is 0.745. The summed E-state index contributed by atoms with van der Waals surface area (Å²) >= 11 is 0. The van der Waals surface area contributed by atoms with Crippen LogP contribution in [0.2, 0.25) is 0 Å². The third-order valence-corrected chi connectivity index (χ3v) is 6.56. The van der Waals surface area contributed by atoms with Crippen LogP contribution in [0.5, 0.6) is 0 Å². The maximum atomic E-state index is 12.6. The lowest BCUT2D eigenvalue weighted by molar-refractivity contribution is -0.131. The summed E-state index contributed by atoms with van der Waals surface area (Å²) in [4.78, 5) is 12.8. The molecule has 1 aromatic carbocycles. The van der Waals surface area contributed by atoms with Gasteiger partial charge in [-0.05, 0) is 37.5 Å². The number of hydrogen-bond acceptors (Lipinski definition) is 4. The number of nitrogens with two attached hydrogens (primary N) is 1. The number of carbonyl (C=O) groups is 1. The molecule has 7 heteroatoms. The minimum atomic E-state index is -3.45. The average molecular weight is 356 g/mol. The van der Waals surface area contributed by atoms with Gasteiger partial charge in [0.15, 0.2) is 0 Å². The van der Waals surface area contributed by atoms with E-state index in [0.29, 0.717) is 19.4 Å². The second-order valence-corrected chi connectivity index (χ2v) is 8.40. The van der Waals surface area contributed by atoms with Crippen LogP contribution < -0.4 is 11.1 Å². The lowest BCUT2D eigenvalue weighted by atomic mass is 9.81. The summed E-state index contributed by atoms with van der Waals surface area (Å²) in [5.41, 5.74) is 6.10. The van der Waals surface area contributed by atoms with Gasteiger partial charge in [0.25, 0.3) is 0 Å². The maximum Gasteiger partial charge on any atom is 0.242 e. The van der Waals surface area contributed by atoms with Crippen LogP contribution in [0, 0.1) is 5.41 Å². The Bertz CT molecular complexity index is 642. The minimum absolute atomic E-state index is 0.0625. The first-order valence-electron chi connectivity index (χ1n) is 8.18. The molecule has 3 N–H and O–H groups in total. The molecule has 0 saturated carbocycles. The van der Waals surface area contributed by atoms with E-state index in [1.165, 1.54) is 18.4 Å². The molecule has 6 nitrogen and oxygen atoms in total. The van der Waals surface area contributed by atoms with Crippen molar-refractivity contribution in [3.05, 3.63) is 29.8 Å². The summed E-state index contributed by atoms with van der Waals surface area (Å²) in [6, 6.07) is 6.34. The minimum Gasteiger partial charge on any atom is -0.349 e. The van der Waals surface area contributed by atoms with Gasteiger partial charge in [0.2, 0.25) is 15.9 Å². The number of nitrogens with zero attached hydrogens (tertiary/aromatic N) is 1. The van der Waals surface area contributed by atoms with E-state index in [1.54, 1.807) is 24.3 Å². The van der Waals surface area contributed by atoms with E-state index >= 15 is 0 Å². The fraction of sp³-hybridized carbons (Fsp3) is 0.588. The molecule has 0 aliphatic heterocycles. The Labute approximate surface area is 145 Å². The summed E-state index contributed by atoms with van der Waals surface area (Å²) in [6.45, 7) is 6.10. The second kappa shape index (κ2) is 8.09. The van der Waals surface area contributed by atoms with Crippen molar-refractivity contribution in [1.29, 1.82) is 0 Å². The monoisotopic (exact) mass is 355 g/mol. The van der Waals surface area contributed by atoms with Crippen LogP contribution in [0.4, 0.5) is 0 Å². The van der Waals surface area contributed by atoms with Crippen molar-refractivity contribution < 1.29 is 13.2 Å². The SMILES string of the molecule is CCC(CC)(CN)C(=O)NC(C)c1ccc(S(=O)(=O)N(C)C)cc1. The van der Waals surface area contributed by atoms with Gasteiger partial charge in [-0.2, -0.15) is 0 Å². The van der Waals surface area contributed by atoms with E-state index in [1.807, 2.05) is 20.8 Å². The predicted molar refractivity (Wildman–Crippen MR) is 95.9 cm³/mol. The Morgan fingerprint density at radius 3 is 2.08 bits per heavy atom. The van der Waals surface area contributed by atoms with Crippen LogP contribution in [0.3, 0.4) is 0 Å². The molecule has 0 aromatic heterocycles. The van der Waals surface area contributed by atoms with Gasteiger partial charge in [-0.15, -0.1) is 0 Å². The van der Waals surface area contributed by atoms with Gasteiger partial charge in [0.05, 0.1) is 16.4 Å². The third-order valence-electron chi connectivity index (χ3n) is 4.73. The van der Waals surface area contributed by atoms with Gasteiger partial charge in [-0.3, -0.25) is 4.79 Å². The zero-order chi connectivity index (χ0) is 18.5. The highest BCUT2D eigenvalue weighted by atomic mass is 32.2. The molecule has 0 radical (unpaired) electrons. The van der Waals surface area contributed by atoms with Gasteiger partial charge < -0.3 is 11.1 Å². The van der Waals surface area contributed by atoms with Crippen LogP contribution in [-0.2, 0) is 14.8 Å². The lowest BCUT2D eigenvalue weighted by Crippen LogP contribution is -2.46. The molecule has 0 aliphatic carbocycles. The van der Waals surface area contributed by atoms with Crippen LogP contribution in [0.1, 0.15) is 45.2 Å². The fourth-order valence-electron chi connectivity index (χ4n) is 2.52. The lowest BCUT2D eigenvalue weighted by Gasteiger charge is -2.30. The van der Waals surface area contributed by atoms with Crippen LogP contribution >= 0.6 is 0 Å². The number of sulfonamides is 1. The molecule has 0 aliphatic rings. The molecule has 1 aromatic rings. The number of carbonyl (C=O) groups excluding carboxylic acids is 1. The number of hydrogen-bond donors (Lipinski definition) is 2. The van der Waals surface area contributed by atoms with Crippen LogP contribution in [0.15, 0.2) is 29.2 Å². The molecule has 1 atom stereocenters. The van der Waals surface area contributed by atoms with Crippen molar-refractivity contribution >= 4 is 15.9 Å². The molecular weight excluding hydrogens is 326 g/mol. The van der Waals surface area contributed by atoms with E-state index < -0.39 is 15.4 Å². The van der Waals surface area contributed by atoms with E-state index in [2.05, 4.69) is 5.32 Å². The topological polar surface area (TPSA) is 92.5 Å². The van der Waals surface area contributed by atoms with Gasteiger partial charge in [0.1, 0.15) is 0 Å². The molecule has 0 fully saturated rings. The maximum absolute atomic E-state index is 12.6. The summed E-state index contributed by atoms with van der Waals surface area (Å²) in [7, 11) is -0.460. The molecule has 1 unspecified atom stereocenters. The molecule has 136 valence electrons. The molecule has 0 spiro atoms. The van der Waals surface area contributed by atoms with E-state index in [-0.39, 0.29) is 16.8 Å². The van der Waals surface area contributed by atoms with Gasteiger partial charge in [0, 0.05) is 20.6 Å². The van der Waals surface area contributed by atoms with Crippen molar-refractivity contribution in [2.45, 2.75) is 44.6 Å². The molecule has 24 heavy (non-hydrogen) atoms. The molecule has 0 bridgehead atoms. The second-order valence-electron chi connectivity index (χ2n) is 6.24. The number of amides is 1. The van der Waals surface area contributed by atoms with E-state index in [0.717, 1.165) is 5.56 Å². The Kier molecular flexibility index (Phi) is 6.95. The van der Waals surface area contributed by atoms with Gasteiger partial charge in [-0.1, -0.05) is 26.0 Å². The van der Waals surface area contributed by atoms with Crippen molar-refractivity contribution in [3.63, 3.8) is 0 Å². The molecule has 1 amide bonds. The summed E-state index contributed by atoms with van der Waals surface area (Å²) in [5.74, 6) is -0.0625. The van der Waals surface area contributed by atoms with Crippen molar-refractivity contribution in [3.8, 4) is 0 Å². The molecule has 1 rings (SSSR count). The first kappa shape index (κ1) is 20.6. The van der Waals surface area contributed by atoms with Crippen LogP contribution in [-0.4, -0.2) is 39.3 Å². The Balaban J connectivity index is 2.94. The highest BCUT2D eigenvalue weighted by molar-refractivity contribution is 7.89. The molecule has 0 heterocycles. The smallest absolute Gasteiger partial charge is 0.242 e.